The fourth-order valence-corrected chi connectivity index (χ4v) is 7.19. The quantitative estimate of drug-likeness (QED) is 0.323. The van der Waals surface area contributed by atoms with E-state index in [2.05, 4.69) is 25.2 Å². The Hall–Kier alpha value is -4.05. The van der Waals surface area contributed by atoms with Gasteiger partial charge >= 0.3 is 12.2 Å². The predicted molar refractivity (Wildman–Crippen MR) is 158 cm³/mol. The molecule has 1 aromatic carbocycles. The number of anilines is 2. The molecule has 4 atom stereocenters. The van der Waals surface area contributed by atoms with Crippen molar-refractivity contribution in [1.29, 1.82) is 0 Å². The molecule has 3 aromatic rings. The van der Waals surface area contributed by atoms with Crippen LogP contribution in [0.4, 0.5) is 33.5 Å². The molecule has 246 valence electrons. The third-order valence-electron chi connectivity index (χ3n) is 9.58. The summed E-state index contributed by atoms with van der Waals surface area (Å²) in [5, 5.41) is 3.39. The van der Waals surface area contributed by atoms with Crippen LogP contribution in [0.1, 0.15) is 30.9 Å². The van der Waals surface area contributed by atoms with Gasteiger partial charge in [0.2, 0.25) is 11.8 Å². The maximum absolute atomic E-state index is 16.6. The van der Waals surface area contributed by atoms with E-state index in [0.717, 1.165) is 25.8 Å². The second kappa shape index (κ2) is 11.0. The van der Waals surface area contributed by atoms with Gasteiger partial charge in [0.1, 0.15) is 40.9 Å². The lowest BCUT2D eigenvalue weighted by molar-refractivity contribution is -0.138. The number of nitrogens with two attached hydrogens (primary N) is 1. The molecule has 0 radical (unpaired) electrons. The highest BCUT2D eigenvalue weighted by molar-refractivity contribution is 5.97. The van der Waals surface area contributed by atoms with Crippen LogP contribution in [-0.4, -0.2) is 101 Å². The van der Waals surface area contributed by atoms with Gasteiger partial charge in [0.05, 0.1) is 23.8 Å². The van der Waals surface area contributed by atoms with Gasteiger partial charge in [-0.2, -0.15) is 23.1 Å². The summed E-state index contributed by atoms with van der Waals surface area (Å²) in [6, 6.07) is 0.370. The lowest BCUT2D eigenvalue weighted by Gasteiger charge is -2.38. The van der Waals surface area contributed by atoms with Crippen molar-refractivity contribution in [2.45, 2.75) is 57.1 Å². The Kier molecular flexibility index (Phi) is 7.34. The second-order valence-electron chi connectivity index (χ2n) is 12.4. The number of hydrogen-bond donors (Lipinski definition) is 2. The average Bonchev–Trinajstić information content (AvgIpc) is 3.34. The molecule has 6 heterocycles. The average molecular weight is 649 g/mol. The molecule has 2 aromatic heterocycles. The molecule has 46 heavy (non-hydrogen) atoms. The van der Waals surface area contributed by atoms with Gasteiger partial charge in [-0.1, -0.05) is 0 Å². The molecule has 4 aliphatic rings. The first-order valence-corrected chi connectivity index (χ1v) is 15.2. The second-order valence-corrected chi connectivity index (χ2v) is 12.4. The molecule has 11 nitrogen and oxygen atoms in total. The summed E-state index contributed by atoms with van der Waals surface area (Å²) in [7, 11) is 1.78. The summed E-state index contributed by atoms with van der Waals surface area (Å²) in [5.41, 5.74) is 1.15. The van der Waals surface area contributed by atoms with Crippen LogP contribution in [0.5, 0.6) is 11.9 Å². The van der Waals surface area contributed by atoms with Gasteiger partial charge in [0.25, 0.3) is 0 Å². The van der Waals surface area contributed by atoms with Crippen LogP contribution < -0.4 is 25.4 Å². The molecule has 7 rings (SSSR count). The van der Waals surface area contributed by atoms with E-state index in [0.29, 0.717) is 26.2 Å². The van der Waals surface area contributed by atoms with Crippen molar-refractivity contribution in [2.24, 2.45) is 0 Å². The first-order chi connectivity index (χ1) is 21.8. The SMILES string of the molecule is Cc1c(F)c(N)cc(-c2nc3c4c(nc(OC[C@@H]5CC[C@H]6CN(C)C(=O)CN56)nc4c2F)N2CCNC[C@H]2[C@H](C)O3)c1C(F)(F)F. The number of likely N-dealkylation sites (N-methyl/N-ethyl adjacent to an activating group) is 1. The van der Waals surface area contributed by atoms with Crippen LogP contribution in [0.25, 0.3) is 22.2 Å². The normalized spacial score (nSPS) is 24.9. The lowest BCUT2D eigenvalue weighted by atomic mass is 9.96. The Morgan fingerprint density at radius 1 is 1.17 bits per heavy atom. The number of pyridine rings is 1. The third kappa shape index (κ3) is 4.92. The van der Waals surface area contributed by atoms with Crippen molar-refractivity contribution in [1.82, 2.24) is 30.1 Å². The number of carbonyl (C=O) groups excluding carboxylic acids is 1. The molecule has 0 unspecified atom stereocenters. The van der Waals surface area contributed by atoms with Crippen LogP contribution in [0, 0.1) is 18.6 Å². The van der Waals surface area contributed by atoms with Crippen molar-refractivity contribution < 1.29 is 36.2 Å². The molecule has 3 saturated heterocycles. The zero-order valence-electron chi connectivity index (χ0n) is 25.4. The van der Waals surface area contributed by atoms with Crippen molar-refractivity contribution >= 4 is 28.3 Å². The summed E-state index contributed by atoms with van der Waals surface area (Å²) in [6.45, 7) is 5.28. The summed E-state index contributed by atoms with van der Waals surface area (Å²) in [4.78, 5) is 31.5. The van der Waals surface area contributed by atoms with E-state index in [-0.39, 0.29) is 65.8 Å². The third-order valence-corrected chi connectivity index (χ3v) is 9.58. The van der Waals surface area contributed by atoms with Gasteiger partial charge < -0.3 is 30.3 Å². The fourth-order valence-electron chi connectivity index (χ4n) is 7.19. The minimum atomic E-state index is -5.06. The number of aromatic nitrogens is 3. The molecular formula is C30H33F5N8O3. The van der Waals surface area contributed by atoms with Crippen molar-refractivity contribution in [2.75, 3.05) is 57.0 Å². The molecule has 0 saturated carbocycles. The number of nitrogen functional groups attached to an aromatic ring is 1. The Labute approximate surface area is 260 Å². The van der Waals surface area contributed by atoms with E-state index in [9.17, 15) is 22.4 Å². The largest absolute Gasteiger partial charge is 0.472 e. The van der Waals surface area contributed by atoms with Gasteiger partial charge in [0.15, 0.2) is 5.82 Å². The van der Waals surface area contributed by atoms with E-state index in [1.54, 1.807) is 18.9 Å². The zero-order valence-corrected chi connectivity index (χ0v) is 25.4. The molecule has 3 N–H and O–H groups in total. The molecule has 16 heteroatoms. The molecule has 0 bridgehead atoms. The highest BCUT2D eigenvalue weighted by atomic mass is 19.4. The monoisotopic (exact) mass is 648 g/mol. The van der Waals surface area contributed by atoms with E-state index >= 15 is 4.39 Å². The molecule has 3 fully saturated rings. The minimum absolute atomic E-state index is 0.00850. The van der Waals surface area contributed by atoms with E-state index in [1.807, 2.05) is 4.90 Å². The number of nitrogens with zero attached hydrogens (tertiary/aromatic N) is 6. The molecule has 4 aliphatic heterocycles. The molecule has 0 spiro atoms. The standard InChI is InChI=1S/C30H33F5N8O3/c1-13-22(30(33,34)35)17(8-18(36)23(13)31)25-24(32)26-21-27(42-7-6-37-9-19(42)14(2)46-28(21)38-25)40-29(39-26)45-12-16-5-4-15-10-41(3)20(44)11-43(15)16/h8,14-16,19,37H,4-7,9-12,36H2,1-3H3/t14-,15-,16-,19-/m0/s1. The number of nitrogens with one attached hydrogen (secondary N) is 1. The first-order valence-electron chi connectivity index (χ1n) is 15.2. The Bertz CT molecular complexity index is 1740. The van der Waals surface area contributed by atoms with E-state index in [4.69, 9.17) is 15.2 Å². The van der Waals surface area contributed by atoms with Crippen molar-refractivity contribution in [3.8, 4) is 23.1 Å². The van der Waals surface area contributed by atoms with Gasteiger partial charge in [-0.25, -0.2) is 13.8 Å². The number of carbonyl (C=O) groups is 1. The van der Waals surface area contributed by atoms with Crippen LogP contribution in [0.3, 0.4) is 0 Å². The summed E-state index contributed by atoms with van der Waals surface area (Å²) < 4.78 is 86.5. The lowest BCUT2D eigenvalue weighted by Crippen LogP contribution is -2.56. The summed E-state index contributed by atoms with van der Waals surface area (Å²) >= 11 is 0. The highest BCUT2D eigenvalue weighted by Crippen LogP contribution is 2.46. The molecule has 0 aliphatic carbocycles. The number of amides is 1. The maximum atomic E-state index is 16.6. The van der Waals surface area contributed by atoms with Gasteiger partial charge in [0, 0.05) is 50.9 Å². The predicted octanol–water partition coefficient (Wildman–Crippen LogP) is 3.12. The Morgan fingerprint density at radius 3 is 2.72 bits per heavy atom. The Balaban J connectivity index is 1.37. The smallest absolute Gasteiger partial charge is 0.417 e. The number of piperazine rings is 2. The van der Waals surface area contributed by atoms with E-state index < -0.39 is 52.0 Å². The van der Waals surface area contributed by atoms with Gasteiger partial charge in [-0.3, -0.25) is 9.69 Å². The van der Waals surface area contributed by atoms with E-state index in [1.165, 1.54) is 0 Å². The number of alkyl halides is 3. The summed E-state index contributed by atoms with van der Waals surface area (Å²) in [5.74, 6) is -2.29. The van der Waals surface area contributed by atoms with Crippen LogP contribution in [-0.2, 0) is 11.0 Å². The number of ether oxygens (including phenoxy) is 2. The van der Waals surface area contributed by atoms with Crippen LogP contribution >= 0.6 is 0 Å². The maximum Gasteiger partial charge on any atom is 0.417 e. The molecular weight excluding hydrogens is 615 g/mol. The number of halogens is 5. The first kappa shape index (κ1) is 30.6. The van der Waals surface area contributed by atoms with Gasteiger partial charge in [-0.15, -0.1) is 0 Å². The minimum Gasteiger partial charge on any atom is -0.472 e. The topological polar surface area (TPSA) is 122 Å². The highest BCUT2D eigenvalue weighted by Gasteiger charge is 2.42. The fraction of sp³-hybridized carbons (Fsp3) is 0.533. The number of benzene rings is 1. The number of rotatable bonds is 4. The summed E-state index contributed by atoms with van der Waals surface area (Å²) in [6.07, 6.45) is -3.94. The number of fused-ring (bicyclic) bond motifs is 3. The van der Waals surface area contributed by atoms with Crippen molar-refractivity contribution in [3.05, 3.63) is 28.8 Å². The number of hydrogen-bond acceptors (Lipinski definition) is 10. The molecule has 1 amide bonds. The zero-order chi connectivity index (χ0) is 32.7. The van der Waals surface area contributed by atoms with Crippen molar-refractivity contribution in [3.63, 3.8) is 0 Å². The van der Waals surface area contributed by atoms with Crippen LogP contribution in [0.15, 0.2) is 6.07 Å². The Morgan fingerprint density at radius 2 is 1.96 bits per heavy atom. The van der Waals surface area contributed by atoms with Crippen LogP contribution in [0.2, 0.25) is 0 Å². The van der Waals surface area contributed by atoms with Gasteiger partial charge in [-0.05, 0) is 38.3 Å².